The molecule has 8 heteroatoms. The Morgan fingerprint density at radius 1 is 1.07 bits per heavy atom. The molecule has 2 aromatic heterocycles. The van der Waals surface area contributed by atoms with Crippen LogP contribution in [0, 0.1) is 0 Å². The molecule has 1 aliphatic heterocycles. The maximum absolute atomic E-state index is 12.8. The van der Waals surface area contributed by atoms with E-state index in [1.54, 1.807) is 31.3 Å². The standard InChI is InChI=1S/C22H21N5O3/c1-29-17-7-6-14(12-18(17)30-2)21-25-22-24-15-4-3-5-16(28)19(15)20(27(22)26-21)13-8-10-23-11-9-13/h6-12,20H,3-5H2,1-2H3,(H,24,25,26). The molecule has 2 aliphatic rings. The summed E-state index contributed by atoms with van der Waals surface area (Å²) in [6, 6.07) is 9.08. The van der Waals surface area contributed by atoms with Gasteiger partial charge in [-0.1, -0.05) is 0 Å². The van der Waals surface area contributed by atoms with Crippen molar-refractivity contribution in [2.24, 2.45) is 0 Å². The Labute approximate surface area is 173 Å². The quantitative estimate of drug-likeness (QED) is 0.714. The Hall–Kier alpha value is -3.68. The van der Waals surface area contributed by atoms with E-state index in [2.05, 4.69) is 10.3 Å². The van der Waals surface area contributed by atoms with Gasteiger partial charge in [0.05, 0.1) is 14.2 Å². The molecule has 0 spiro atoms. The Kier molecular flexibility index (Phi) is 4.46. The topological polar surface area (TPSA) is 91.2 Å². The van der Waals surface area contributed by atoms with E-state index in [-0.39, 0.29) is 11.8 Å². The first kappa shape index (κ1) is 18.4. The molecular weight excluding hydrogens is 382 g/mol. The molecule has 1 atom stereocenters. The molecule has 30 heavy (non-hydrogen) atoms. The highest BCUT2D eigenvalue weighted by molar-refractivity contribution is 5.99. The largest absolute Gasteiger partial charge is 0.493 e. The first-order valence-corrected chi connectivity index (χ1v) is 9.81. The number of benzene rings is 1. The minimum atomic E-state index is -0.326. The van der Waals surface area contributed by atoms with E-state index in [9.17, 15) is 4.79 Å². The Balaban J connectivity index is 1.64. The second-order valence-electron chi connectivity index (χ2n) is 7.25. The maximum atomic E-state index is 12.8. The van der Waals surface area contributed by atoms with Crippen LogP contribution in [-0.2, 0) is 4.79 Å². The molecule has 3 heterocycles. The maximum Gasteiger partial charge on any atom is 0.226 e. The lowest BCUT2D eigenvalue weighted by Gasteiger charge is -2.32. The highest BCUT2D eigenvalue weighted by atomic mass is 16.5. The third-order valence-corrected chi connectivity index (χ3v) is 5.53. The lowest BCUT2D eigenvalue weighted by atomic mass is 9.86. The van der Waals surface area contributed by atoms with E-state index in [4.69, 9.17) is 19.6 Å². The zero-order chi connectivity index (χ0) is 20.7. The van der Waals surface area contributed by atoms with Crippen molar-refractivity contribution in [2.45, 2.75) is 25.3 Å². The van der Waals surface area contributed by atoms with Crippen molar-refractivity contribution in [3.05, 3.63) is 59.6 Å². The zero-order valence-corrected chi connectivity index (χ0v) is 16.8. The van der Waals surface area contributed by atoms with Crippen LogP contribution in [-0.4, -0.2) is 39.8 Å². The number of Topliss-reactive ketones (excluding diaryl/α,β-unsaturated/α-hetero) is 1. The normalized spacial score (nSPS) is 17.8. The molecule has 0 bridgehead atoms. The van der Waals surface area contributed by atoms with E-state index >= 15 is 0 Å². The van der Waals surface area contributed by atoms with Crippen molar-refractivity contribution >= 4 is 11.7 Å². The molecule has 0 fully saturated rings. The minimum Gasteiger partial charge on any atom is -0.493 e. The molecule has 1 aromatic carbocycles. The number of ketones is 1. The summed E-state index contributed by atoms with van der Waals surface area (Å²) in [4.78, 5) is 21.7. The van der Waals surface area contributed by atoms with Crippen LogP contribution in [0.2, 0.25) is 0 Å². The lowest BCUT2D eigenvalue weighted by molar-refractivity contribution is -0.116. The van der Waals surface area contributed by atoms with Crippen molar-refractivity contribution < 1.29 is 14.3 Å². The molecule has 0 amide bonds. The molecule has 0 saturated carbocycles. The predicted molar refractivity (Wildman–Crippen MR) is 110 cm³/mol. The van der Waals surface area contributed by atoms with Crippen LogP contribution >= 0.6 is 0 Å². The van der Waals surface area contributed by atoms with Gasteiger partial charge in [0.25, 0.3) is 0 Å². The third-order valence-electron chi connectivity index (χ3n) is 5.53. The van der Waals surface area contributed by atoms with Crippen LogP contribution < -0.4 is 14.8 Å². The van der Waals surface area contributed by atoms with Crippen LogP contribution in [0.3, 0.4) is 0 Å². The van der Waals surface area contributed by atoms with Gasteiger partial charge in [0, 0.05) is 35.6 Å². The smallest absolute Gasteiger partial charge is 0.226 e. The molecule has 8 nitrogen and oxygen atoms in total. The number of hydrogen-bond acceptors (Lipinski definition) is 7. The van der Waals surface area contributed by atoms with Gasteiger partial charge in [-0.05, 0) is 48.7 Å². The average Bonchev–Trinajstić information content (AvgIpc) is 3.21. The number of ether oxygens (including phenoxy) is 2. The SMILES string of the molecule is COc1ccc(-c2nc3n(n2)C(c2ccncc2)C2=C(CCCC2=O)N3)cc1OC. The van der Waals surface area contributed by atoms with Gasteiger partial charge in [-0.3, -0.25) is 9.78 Å². The summed E-state index contributed by atoms with van der Waals surface area (Å²) >= 11 is 0. The molecule has 1 aliphatic carbocycles. The second kappa shape index (κ2) is 7.29. The summed E-state index contributed by atoms with van der Waals surface area (Å²) in [5.74, 6) is 2.56. The summed E-state index contributed by atoms with van der Waals surface area (Å²) < 4.78 is 12.5. The fraction of sp³-hybridized carbons (Fsp3) is 0.273. The number of anilines is 1. The van der Waals surface area contributed by atoms with Gasteiger partial charge in [-0.15, -0.1) is 5.10 Å². The van der Waals surface area contributed by atoms with Gasteiger partial charge in [0.1, 0.15) is 6.04 Å². The highest BCUT2D eigenvalue weighted by Crippen LogP contribution is 2.41. The predicted octanol–water partition coefficient (Wildman–Crippen LogP) is 3.38. The average molecular weight is 403 g/mol. The van der Waals surface area contributed by atoms with Gasteiger partial charge in [-0.25, -0.2) is 4.68 Å². The number of fused-ring (bicyclic) bond motifs is 1. The Morgan fingerprint density at radius 3 is 2.63 bits per heavy atom. The van der Waals surface area contributed by atoms with Gasteiger partial charge >= 0.3 is 0 Å². The number of allylic oxidation sites excluding steroid dienone is 2. The van der Waals surface area contributed by atoms with Gasteiger partial charge < -0.3 is 14.8 Å². The number of pyridine rings is 1. The number of carbonyl (C=O) groups is 1. The summed E-state index contributed by atoms with van der Waals surface area (Å²) in [5.41, 5.74) is 3.46. The van der Waals surface area contributed by atoms with Crippen molar-refractivity contribution in [3.63, 3.8) is 0 Å². The van der Waals surface area contributed by atoms with Crippen molar-refractivity contribution in [1.82, 2.24) is 19.7 Å². The van der Waals surface area contributed by atoms with Gasteiger partial charge in [-0.2, -0.15) is 4.98 Å². The number of aromatic nitrogens is 4. The first-order valence-electron chi connectivity index (χ1n) is 9.81. The van der Waals surface area contributed by atoms with Crippen LogP contribution in [0.25, 0.3) is 11.4 Å². The number of nitrogens with zero attached hydrogens (tertiary/aromatic N) is 4. The van der Waals surface area contributed by atoms with Gasteiger partial charge in [0.15, 0.2) is 23.1 Å². The van der Waals surface area contributed by atoms with Crippen LogP contribution in [0.1, 0.15) is 30.9 Å². The number of carbonyl (C=O) groups excluding carboxylic acids is 1. The Bertz CT molecular complexity index is 1150. The summed E-state index contributed by atoms with van der Waals surface area (Å²) in [6.07, 6.45) is 5.67. The van der Waals surface area contributed by atoms with Gasteiger partial charge in [0.2, 0.25) is 5.95 Å². The molecule has 152 valence electrons. The molecule has 5 rings (SSSR count). The second-order valence-corrected chi connectivity index (χ2v) is 7.25. The van der Waals surface area contributed by atoms with E-state index in [0.717, 1.165) is 35.2 Å². The number of rotatable bonds is 4. The van der Waals surface area contributed by atoms with E-state index in [0.29, 0.717) is 29.7 Å². The fourth-order valence-electron chi connectivity index (χ4n) is 4.11. The Morgan fingerprint density at radius 2 is 1.87 bits per heavy atom. The molecule has 1 N–H and O–H groups in total. The van der Waals surface area contributed by atoms with Crippen molar-refractivity contribution in [2.75, 3.05) is 19.5 Å². The van der Waals surface area contributed by atoms with Crippen LogP contribution in [0.5, 0.6) is 11.5 Å². The number of nitrogens with one attached hydrogen (secondary N) is 1. The zero-order valence-electron chi connectivity index (χ0n) is 16.8. The fourth-order valence-corrected chi connectivity index (χ4v) is 4.11. The molecular formula is C22H21N5O3. The molecule has 3 aromatic rings. The van der Waals surface area contributed by atoms with E-state index < -0.39 is 0 Å². The van der Waals surface area contributed by atoms with Crippen molar-refractivity contribution in [3.8, 4) is 22.9 Å². The van der Waals surface area contributed by atoms with Crippen LogP contribution in [0.4, 0.5) is 5.95 Å². The summed E-state index contributed by atoms with van der Waals surface area (Å²) in [5, 5.41) is 8.12. The number of hydrogen-bond donors (Lipinski definition) is 1. The summed E-state index contributed by atoms with van der Waals surface area (Å²) in [6.45, 7) is 0. The highest BCUT2D eigenvalue weighted by Gasteiger charge is 2.36. The van der Waals surface area contributed by atoms with Crippen LogP contribution in [0.15, 0.2) is 54.0 Å². The number of methoxy groups -OCH3 is 2. The molecule has 0 saturated heterocycles. The van der Waals surface area contributed by atoms with E-state index in [1.807, 2.05) is 30.3 Å². The minimum absolute atomic E-state index is 0.152. The first-order chi connectivity index (χ1) is 14.7. The summed E-state index contributed by atoms with van der Waals surface area (Å²) in [7, 11) is 3.19. The lowest BCUT2D eigenvalue weighted by Crippen LogP contribution is -2.31. The molecule has 0 radical (unpaired) electrons. The monoisotopic (exact) mass is 403 g/mol. The molecule has 1 unspecified atom stereocenters. The van der Waals surface area contributed by atoms with E-state index in [1.165, 1.54) is 0 Å². The third kappa shape index (κ3) is 2.92. The van der Waals surface area contributed by atoms with Crippen molar-refractivity contribution in [1.29, 1.82) is 0 Å².